The lowest BCUT2D eigenvalue weighted by Gasteiger charge is -2.48. The fourth-order valence-electron chi connectivity index (χ4n) is 6.81. The van der Waals surface area contributed by atoms with Crippen molar-refractivity contribution in [3.8, 4) is 0 Å². The highest BCUT2D eigenvalue weighted by Gasteiger charge is 2.48. The molecule has 0 aromatic carbocycles. The topological polar surface area (TPSA) is 90.2 Å². The molecule has 0 bridgehead atoms. The lowest BCUT2D eigenvalue weighted by atomic mass is 9.79. The van der Waals surface area contributed by atoms with Crippen LogP contribution in [-0.4, -0.2) is 57.0 Å². The van der Waals surface area contributed by atoms with Crippen LogP contribution >= 0.6 is 0 Å². The van der Waals surface area contributed by atoms with Crippen LogP contribution in [0.2, 0.25) is 0 Å². The van der Waals surface area contributed by atoms with E-state index in [0.29, 0.717) is 25.7 Å². The zero-order valence-electron chi connectivity index (χ0n) is 29.6. The first-order chi connectivity index (χ1) is 20.9. The molecule has 2 atom stereocenters. The van der Waals surface area contributed by atoms with Crippen molar-refractivity contribution >= 4 is 0 Å². The summed E-state index contributed by atoms with van der Waals surface area (Å²) >= 11 is 0. The van der Waals surface area contributed by atoms with Crippen LogP contribution in [0.3, 0.4) is 0 Å². The fraction of sp³-hybridized carbons (Fsp3) is 1.00. The van der Waals surface area contributed by atoms with Crippen molar-refractivity contribution in [1.29, 1.82) is 0 Å². The molecule has 0 saturated carbocycles. The van der Waals surface area contributed by atoms with Gasteiger partial charge in [0.05, 0.1) is 24.4 Å². The van der Waals surface area contributed by atoms with Crippen molar-refractivity contribution in [3.05, 3.63) is 0 Å². The monoisotopic (exact) mass is 615 g/mol. The van der Waals surface area contributed by atoms with Gasteiger partial charge in [0.15, 0.2) is 0 Å². The Labute approximate surface area is 269 Å². The van der Waals surface area contributed by atoms with Crippen LogP contribution in [0.25, 0.3) is 0 Å². The molecule has 0 aliphatic heterocycles. The highest BCUT2D eigenvalue weighted by atomic mass is 16.6. The molecule has 260 valence electrons. The van der Waals surface area contributed by atoms with Crippen molar-refractivity contribution in [2.24, 2.45) is 0 Å². The highest BCUT2D eigenvalue weighted by Crippen LogP contribution is 2.41. The minimum absolute atomic E-state index is 0.342. The first kappa shape index (κ1) is 42.8. The van der Waals surface area contributed by atoms with E-state index in [9.17, 15) is 20.4 Å². The largest absolute Gasteiger partial charge is 0.394 e. The van der Waals surface area contributed by atoms with Crippen LogP contribution in [0, 0.1) is 0 Å². The third kappa shape index (κ3) is 19.8. The van der Waals surface area contributed by atoms with E-state index in [4.69, 9.17) is 4.74 Å². The Balaban J connectivity index is 6.08. The summed E-state index contributed by atoms with van der Waals surface area (Å²) in [7, 11) is 0. The van der Waals surface area contributed by atoms with Gasteiger partial charge in [-0.3, -0.25) is 0 Å². The van der Waals surface area contributed by atoms with Crippen LogP contribution in [-0.2, 0) is 4.74 Å². The molecule has 0 aliphatic rings. The van der Waals surface area contributed by atoms with Crippen LogP contribution in [0.5, 0.6) is 0 Å². The van der Waals surface area contributed by atoms with Gasteiger partial charge in [-0.15, -0.1) is 0 Å². The van der Waals surface area contributed by atoms with Gasteiger partial charge in [-0.1, -0.05) is 182 Å². The molecule has 4 N–H and O–H groups in total. The van der Waals surface area contributed by atoms with Gasteiger partial charge in [-0.25, -0.2) is 0 Å². The predicted molar refractivity (Wildman–Crippen MR) is 185 cm³/mol. The SMILES string of the molecule is CCCCCCCCC(CCCCCCCC)(OC(CCCCCCCC)(CCCCCCCC)C(O)CO)C(O)CO. The van der Waals surface area contributed by atoms with Crippen molar-refractivity contribution < 1.29 is 25.2 Å². The number of aliphatic hydroxyl groups excluding tert-OH is 4. The zero-order chi connectivity index (χ0) is 32.1. The number of ether oxygens (including phenoxy) is 1. The number of hydrogen-bond donors (Lipinski definition) is 4. The van der Waals surface area contributed by atoms with E-state index in [2.05, 4.69) is 27.7 Å². The molecule has 0 radical (unpaired) electrons. The molecule has 2 unspecified atom stereocenters. The van der Waals surface area contributed by atoms with E-state index in [1.807, 2.05) is 0 Å². The van der Waals surface area contributed by atoms with Crippen molar-refractivity contribution in [1.82, 2.24) is 0 Å². The maximum absolute atomic E-state index is 11.5. The molecule has 0 rings (SSSR count). The molecular formula is C38H78O5. The molecule has 0 amide bonds. The Morgan fingerprint density at radius 1 is 0.372 bits per heavy atom. The van der Waals surface area contributed by atoms with Crippen LogP contribution in [0.15, 0.2) is 0 Å². The summed E-state index contributed by atoms with van der Waals surface area (Å²) in [6.07, 6.45) is 28.3. The van der Waals surface area contributed by atoms with E-state index in [1.165, 1.54) is 103 Å². The molecule has 0 aromatic heterocycles. The predicted octanol–water partition coefficient (Wildman–Crippen LogP) is 10.2. The quantitative estimate of drug-likeness (QED) is 0.0542. The summed E-state index contributed by atoms with van der Waals surface area (Å²) in [5, 5.41) is 43.7. The van der Waals surface area contributed by atoms with Gasteiger partial charge in [0.2, 0.25) is 0 Å². The molecule has 5 heteroatoms. The Morgan fingerprint density at radius 3 is 0.791 bits per heavy atom. The van der Waals surface area contributed by atoms with Crippen LogP contribution < -0.4 is 0 Å². The second-order valence-electron chi connectivity index (χ2n) is 13.7. The van der Waals surface area contributed by atoms with Crippen molar-refractivity contribution in [2.75, 3.05) is 13.2 Å². The van der Waals surface area contributed by atoms with E-state index in [1.54, 1.807) is 0 Å². The smallest absolute Gasteiger partial charge is 0.106 e. The maximum atomic E-state index is 11.5. The molecule has 0 spiro atoms. The summed E-state index contributed by atoms with van der Waals surface area (Å²) < 4.78 is 7.22. The number of rotatable bonds is 34. The summed E-state index contributed by atoms with van der Waals surface area (Å²) in [5.74, 6) is 0. The average molecular weight is 615 g/mol. The minimum atomic E-state index is -1.00. The van der Waals surface area contributed by atoms with Crippen LogP contribution in [0.1, 0.15) is 207 Å². The molecule has 0 aromatic rings. The van der Waals surface area contributed by atoms with Gasteiger partial charge < -0.3 is 25.2 Å². The van der Waals surface area contributed by atoms with Gasteiger partial charge in [-0.2, -0.15) is 0 Å². The number of aliphatic hydroxyl groups is 4. The Kier molecular flexibility index (Phi) is 29.1. The molecule has 0 heterocycles. The molecule has 0 fully saturated rings. The Hall–Kier alpha value is -0.200. The summed E-state index contributed by atoms with van der Waals surface area (Å²) in [6, 6.07) is 0. The molecule has 5 nitrogen and oxygen atoms in total. The first-order valence-corrected chi connectivity index (χ1v) is 19.2. The van der Waals surface area contributed by atoms with Crippen molar-refractivity contribution in [2.45, 2.75) is 231 Å². The summed E-state index contributed by atoms with van der Waals surface area (Å²) in [5.41, 5.74) is -1.82. The second kappa shape index (κ2) is 29.2. The van der Waals surface area contributed by atoms with E-state index in [0.717, 1.165) is 51.4 Å². The Morgan fingerprint density at radius 2 is 0.581 bits per heavy atom. The Bertz CT molecular complexity index is 489. The average Bonchev–Trinajstić information content (AvgIpc) is 3.02. The van der Waals surface area contributed by atoms with E-state index >= 15 is 0 Å². The minimum Gasteiger partial charge on any atom is -0.394 e. The third-order valence-electron chi connectivity index (χ3n) is 9.78. The molecule has 43 heavy (non-hydrogen) atoms. The molecule has 0 aliphatic carbocycles. The normalized spacial score (nSPS) is 14.0. The maximum Gasteiger partial charge on any atom is 0.106 e. The van der Waals surface area contributed by atoms with Gasteiger partial charge in [0.1, 0.15) is 12.2 Å². The van der Waals surface area contributed by atoms with Crippen molar-refractivity contribution in [3.63, 3.8) is 0 Å². The summed E-state index contributed by atoms with van der Waals surface area (Å²) in [6.45, 7) is 8.25. The fourth-order valence-corrected chi connectivity index (χ4v) is 6.81. The standard InChI is InChI=1S/C38H78O5/c1-5-9-13-17-21-25-29-37(35(41)33-39,30-26-22-18-14-10-6-2)43-38(36(42)34-40,31-27-23-19-15-11-7-3)32-28-24-20-16-12-8-4/h35-36,39-42H,5-34H2,1-4H3. The van der Waals surface area contributed by atoms with Gasteiger partial charge in [-0.05, 0) is 25.7 Å². The van der Waals surface area contributed by atoms with E-state index in [-0.39, 0.29) is 13.2 Å². The van der Waals surface area contributed by atoms with Crippen LogP contribution in [0.4, 0.5) is 0 Å². The first-order valence-electron chi connectivity index (χ1n) is 19.2. The lowest BCUT2D eigenvalue weighted by Crippen LogP contribution is -2.58. The molecule has 0 saturated heterocycles. The lowest BCUT2D eigenvalue weighted by molar-refractivity contribution is -0.253. The summed E-state index contributed by atoms with van der Waals surface area (Å²) in [4.78, 5) is 0. The highest BCUT2D eigenvalue weighted by molar-refractivity contribution is 4.97. The second-order valence-corrected chi connectivity index (χ2v) is 13.7. The zero-order valence-corrected chi connectivity index (χ0v) is 29.6. The molecular weight excluding hydrogens is 536 g/mol. The van der Waals surface area contributed by atoms with Gasteiger partial charge in [0.25, 0.3) is 0 Å². The number of hydrogen-bond acceptors (Lipinski definition) is 5. The number of unbranched alkanes of at least 4 members (excludes halogenated alkanes) is 20. The third-order valence-corrected chi connectivity index (χ3v) is 9.78. The van der Waals surface area contributed by atoms with Gasteiger partial charge in [0, 0.05) is 0 Å². The van der Waals surface area contributed by atoms with E-state index < -0.39 is 23.4 Å². The van der Waals surface area contributed by atoms with Gasteiger partial charge >= 0.3 is 0 Å².